The van der Waals surface area contributed by atoms with E-state index in [9.17, 15) is 18.0 Å². The van der Waals surface area contributed by atoms with Gasteiger partial charge in [0.1, 0.15) is 17.3 Å². The molecule has 0 spiro atoms. The van der Waals surface area contributed by atoms with Gasteiger partial charge < -0.3 is 14.4 Å². The van der Waals surface area contributed by atoms with Crippen LogP contribution >= 0.6 is 0 Å². The molecule has 2 unspecified atom stereocenters. The van der Waals surface area contributed by atoms with E-state index in [1.165, 1.54) is 0 Å². The highest BCUT2D eigenvalue weighted by molar-refractivity contribution is 7.86. The van der Waals surface area contributed by atoms with Gasteiger partial charge in [-0.15, -0.1) is 0 Å². The van der Waals surface area contributed by atoms with Crippen molar-refractivity contribution < 1.29 is 31.7 Å². The summed E-state index contributed by atoms with van der Waals surface area (Å²) in [6, 6.07) is 4.47. The zero-order valence-corrected chi connectivity index (χ0v) is 28.6. The summed E-state index contributed by atoms with van der Waals surface area (Å²) in [6.07, 6.45) is 3.47. The number of nitrogens with zero attached hydrogens (tertiary/aromatic N) is 5. The molecule has 15 heteroatoms. The second-order valence-electron chi connectivity index (χ2n) is 13.6. The number of nitrogens with one attached hydrogen (secondary N) is 2. The molecule has 4 rings (SSSR count). The fraction of sp³-hybridized carbons (Fsp3) is 0.724. The van der Waals surface area contributed by atoms with Crippen molar-refractivity contribution in [3.8, 4) is 0 Å². The second kappa shape index (κ2) is 13.4. The standard InChI is InChI=1S/C15H26N4O2.C14H23N3O5S/c1-10(18(5)6)12-9-13(17-19(12)11-7-8-11)16-14(20)21-15(2,3)4;1-9(22-23(5,19)20)11-8-12(16-17(11)10-6-7-10)15-13(18)21-14(2,3)4/h9-11H,7-8H2,1-6H3,(H,16,17,20);8-10H,6-7H2,1-5H3,(H,15,16,18). The molecule has 14 nitrogen and oxygen atoms in total. The molecule has 44 heavy (non-hydrogen) atoms. The summed E-state index contributed by atoms with van der Waals surface area (Å²) in [5.74, 6) is 0.866. The van der Waals surface area contributed by atoms with Crippen molar-refractivity contribution in [1.29, 1.82) is 0 Å². The van der Waals surface area contributed by atoms with Crippen molar-refractivity contribution in [2.75, 3.05) is 31.0 Å². The van der Waals surface area contributed by atoms with Crippen molar-refractivity contribution >= 4 is 33.9 Å². The van der Waals surface area contributed by atoms with E-state index < -0.39 is 39.6 Å². The number of hydrogen-bond donors (Lipinski definition) is 2. The number of rotatable bonds is 9. The number of ether oxygens (including phenoxy) is 2. The van der Waals surface area contributed by atoms with Crippen molar-refractivity contribution in [2.24, 2.45) is 0 Å². The fourth-order valence-electron chi connectivity index (χ4n) is 4.17. The molecular formula is C29H49N7O7S. The molecule has 2 N–H and O–H groups in total. The predicted octanol–water partition coefficient (Wildman–Crippen LogP) is 5.79. The van der Waals surface area contributed by atoms with E-state index in [1.54, 1.807) is 38.4 Å². The van der Waals surface area contributed by atoms with Crippen LogP contribution in [0.4, 0.5) is 21.2 Å². The molecule has 2 heterocycles. The summed E-state index contributed by atoms with van der Waals surface area (Å²) in [7, 11) is 0.491. The third kappa shape index (κ3) is 11.4. The highest BCUT2D eigenvalue weighted by atomic mass is 32.2. The minimum Gasteiger partial charge on any atom is -0.444 e. The highest BCUT2D eigenvalue weighted by Gasteiger charge is 2.32. The van der Waals surface area contributed by atoms with Crippen LogP contribution in [0.5, 0.6) is 0 Å². The summed E-state index contributed by atoms with van der Waals surface area (Å²) in [6.45, 7) is 14.6. The van der Waals surface area contributed by atoms with Crippen molar-refractivity contribution in [3.05, 3.63) is 23.5 Å². The molecule has 2 aliphatic rings. The molecule has 0 saturated heterocycles. The van der Waals surface area contributed by atoms with E-state index in [-0.39, 0.29) is 12.1 Å². The van der Waals surface area contributed by atoms with E-state index in [0.717, 1.165) is 37.6 Å². The van der Waals surface area contributed by atoms with Crippen LogP contribution in [0.25, 0.3) is 0 Å². The van der Waals surface area contributed by atoms with E-state index >= 15 is 0 Å². The third-order valence-electron chi connectivity index (χ3n) is 6.51. The van der Waals surface area contributed by atoms with Gasteiger partial charge in [-0.1, -0.05) is 0 Å². The number of carbonyl (C=O) groups excluding carboxylic acids is 2. The third-order valence-corrected chi connectivity index (χ3v) is 7.15. The molecule has 0 bridgehead atoms. The van der Waals surface area contributed by atoms with Crippen molar-refractivity contribution in [2.45, 2.75) is 117 Å². The minimum atomic E-state index is -3.58. The van der Waals surface area contributed by atoms with Gasteiger partial charge >= 0.3 is 12.2 Å². The second-order valence-corrected chi connectivity index (χ2v) is 15.2. The first kappa shape index (κ1) is 35.3. The van der Waals surface area contributed by atoms with Crippen LogP contribution in [0.15, 0.2) is 12.1 Å². The van der Waals surface area contributed by atoms with Crippen LogP contribution in [0.3, 0.4) is 0 Å². The van der Waals surface area contributed by atoms with E-state index in [0.29, 0.717) is 23.4 Å². The summed E-state index contributed by atoms with van der Waals surface area (Å²) >= 11 is 0. The van der Waals surface area contributed by atoms with Gasteiger partial charge in [0.15, 0.2) is 11.6 Å². The van der Waals surface area contributed by atoms with Crippen molar-refractivity contribution in [3.63, 3.8) is 0 Å². The minimum absolute atomic E-state index is 0.213. The van der Waals surface area contributed by atoms with Crippen LogP contribution in [-0.2, 0) is 23.8 Å². The Labute approximate surface area is 260 Å². The Balaban J connectivity index is 0.000000241. The Hall–Kier alpha value is -3.17. The Morgan fingerprint density at radius 3 is 1.57 bits per heavy atom. The normalized spacial score (nSPS) is 16.9. The first-order valence-electron chi connectivity index (χ1n) is 14.9. The summed E-state index contributed by atoms with van der Waals surface area (Å²) in [5, 5.41) is 14.1. The fourth-order valence-corrected chi connectivity index (χ4v) is 4.79. The number of hydrogen-bond acceptors (Lipinski definition) is 10. The lowest BCUT2D eigenvalue weighted by molar-refractivity contribution is 0.0623. The van der Waals surface area contributed by atoms with Gasteiger partial charge in [0.05, 0.1) is 29.7 Å². The van der Waals surface area contributed by atoms with Crippen LogP contribution in [-0.4, -0.2) is 76.6 Å². The molecule has 0 radical (unpaired) electrons. The van der Waals surface area contributed by atoms with Gasteiger partial charge in [0.25, 0.3) is 10.1 Å². The Morgan fingerprint density at radius 1 is 0.841 bits per heavy atom. The molecule has 2 amide bonds. The molecular weight excluding hydrogens is 590 g/mol. The quantitative estimate of drug-likeness (QED) is 0.322. The summed E-state index contributed by atoms with van der Waals surface area (Å²) < 4.78 is 41.8. The largest absolute Gasteiger partial charge is 0.444 e. The number of carbonyl (C=O) groups is 2. The van der Waals surface area contributed by atoms with Gasteiger partial charge in [-0.25, -0.2) is 9.59 Å². The summed E-state index contributed by atoms with van der Waals surface area (Å²) in [5.41, 5.74) is 0.596. The lowest BCUT2D eigenvalue weighted by atomic mass is 10.2. The smallest absolute Gasteiger partial charge is 0.413 e. The molecule has 0 aliphatic heterocycles. The lowest BCUT2D eigenvalue weighted by Gasteiger charge is -2.20. The number of amides is 2. The molecule has 0 aromatic carbocycles. The van der Waals surface area contributed by atoms with Crippen LogP contribution in [0.2, 0.25) is 0 Å². The Morgan fingerprint density at radius 2 is 1.23 bits per heavy atom. The number of aromatic nitrogens is 4. The van der Waals surface area contributed by atoms with Gasteiger partial charge in [0, 0.05) is 18.2 Å². The highest BCUT2D eigenvalue weighted by Crippen LogP contribution is 2.39. The lowest BCUT2D eigenvalue weighted by Crippen LogP contribution is -2.27. The Kier molecular flexibility index (Phi) is 10.8. The topological polar surface area (TPSA) is 159 Å². The predicted molar refractivity (Wildman–Crippen MR) is 167 cm³/mol. The molecule has 2 aliphatic carbocycles. The molecule has 2 fully saturated rings. The molecule has 2 saturated carbocycles. The number of anilines is 2. The maximum Gasteiger partial charge on any atom is 0.413 e. The Bertz CT molecular complexity index is 1410. The SMILES string of the molecule is CC(OS(C)(=O)=O)c1cc(NC(=O)OC(C)(C)C)nn1C1CC1.CC(c1cc(NC(=O)OC(C)(C)C)nn1C1CC1)N(C)C. The van der Waals surface area contributed by atoms with E-state index in [4.69, 9.17) is 13.7 Å². The first-order valence-corrected chi connectivity index (χ1v) is 16.7. The van der Waals surface area contributed by atoms with Crippen molar-refractivity contribution in [1.82, 2.24) is 24.5 Å². The van der Waals surface area contributed by atoms with Crippen LogP contribution < -0.4 is 10.6 Å². The first-order chi connectivity index (χ1) is 20.1. The molecule has 2 aromatic heterocycles. The van der Waals surface area contributed by atoms with E-state index in [2.05, 4.69) is 32.7 Å². The molecule has 2 aromatic rings. The maximum absolute atomic E-state index is 11.8. The zero-order valence-electron chi connectivity index (χ0n) is 27.8. The van der Waals surface area contributed by atoms with Crippen LogP contribution in [0.1, 0.15) is 117 Å². The zero-order chi connectivity index (χ0) is 33.2. The van der Waals surface area contributed by atoms with E-state index in [1.807, 2.05) is 45.6 Å². The average Bonchev–Trinajstić information content (AvgIpc) is 3.76. The van der Waals surface area contributed by atoms with Gasteiger partial charge in [0.2, 0.25) is 0 Å². The van der Waals surface area contributed by atoms with Gasteiger partial charge in [-0.3, -0.25) is 24.2 Å². The summed E-state index contributed by atoms with van der Waals surface area (Å²) in [4.78, 5) is 25.8. The maximum atomic E-state index is 11.8. The molecule has 2 atom stereocenters. The van der Waals surface area contributed by atoms with Crippen LogP contribution in [0, 0.1) is 0 Å². The molecule has 248 valence electrons. The van der Waals surface area contributed by atoms with Gasteiger partial charge in [-0.2, -0.15) is 18.6 Å². The van der Waals surface area contributed by atoms with Gasteiger partial charge in [-0.05, 0) is 95.2 Å². The monoisotopic (exact) mass is 639 g/mol. The average molecular weight is 640 g/mol.